The molecule has 30 heavy (non-hydrogen) atoms. The van der Waals surface area contributed by atoms with Crippen LogP contribution in [0.15, 0.2) is 54.4 Å². The van der Waals surface area contributed by atoms with E-state index in [4.69, 9.17) is 5.11 Å². The molecular formula is C26H30IrNO2-. The number of allylic oxidation sites excluding steroid dienone is 2. The summed E-state index contributed by atoms with van der Waals surface area (Å²) in [7, 11) is 0. The van der Waals surface area contributed by atoms with Crippen molar-refractivity contribution < 1.29 is 30.0 Å². The van der Waals surface area contributed by atoms with Crippen LogP contribution in [0.1, 0.15) is 50.3 Å². The maximum atomic E-state index is 10.0. The predicted molar refractivity (Wildman–Crippen MR) is 121 cm³/mol. The topological polar surface area (TPSA) is 50.2 Å². The number of rotatable bonds is 5. The third kappa shape index (κ3) is 7.85. The number of aryl methyl sites for hydroxylation is 3. The number of benzene rings is 2. The van der Waals surface area contributed by atoms with Crippen LogP contribution in [-0.2, 0) is 31.3 Å². The monoisotopic (exact) mass is 581 g/mol. The number of ketones is 1. The molecule has 2 aromatic carbocycles. The van der Waals surface area contributed by atoms with E-state index in [0.29, 0.717) is 0 Å². The molecule has 0 bridgehead atoms. The van der Waals surface area contributed by atoms with E-state index >= 15 is 0 Å². The first-order valence-corrected chi connectivity index (χ1v) is 10.1. The zero-order valence-corrected chi connectivity index (χ0v) is 20.8. The van der Waals surface area contributed by atoms with Crippen LogP contribution in [0.25, 0.3) is 22.0 Å². The average Bonchev–Trinajstić information content (AvgIpc) is 2.64. The number of aliphatic hydroxyl groups excluding tert-OH is 1. The van der Waals surface area contributed by atoms with Gasteiger partial charge in [-0.05, 0) is 54.8 Å². The molecular weight excluding hydrogens is 551 g/mol. The third-order valence-electron chi connectivity index (χ3n) is 4.46. The largest absolute Gasteiger partial charge is 0.512 e. The Morgan fingerprint density at radius 1 is 1.13 bits per heavy atom. The second kappa shape index (κ2) is 12.4. The van der Waals surface area contributed by atoms with Gasteiger partial charge in [-0.3, -0.25) is 4.79 Å². The van der Waals surface area contributed by atoms with Crippen molar-refractivity contribution in [3.63, 3.8) is 0 Å². The van der Waals surface area contributed by atoms with E-state index in [2.05, 4.69) is 68.2 Å². The molecule has 0 spiro atoms. The van der Waals surface area contributed by atoms with Crippen LogP contribution < -0.4 is 0 Å². The fourth-order valence-corrected chi connectivity index (χ4v) is 3.30. The van der Waals surface area contributed by atoms with Gasteiger partial charge in [0.1, 0.15) is 0 Å². The van der Waals surface area contributed by atoms with Gasteiger partial charge < -0.3 is 10.1 Å². The first kappa shape index (κ1) is 25.7. The van der Waals surface area contributed by atoms with Gasteiger partial charge in [0.15, 0.2) is 5.78 Å². The van der Waals surface area contributed by atoms with Crippen LogP contribution >= 0.6 is 0 Å². The first-order valence-electron chi connectivity index (χ1n) is 10.1. The smallest absolute Gasteiger partial charge is 0.155 e. The summed E-state index contributed by atoms with van der Waals surface area (Å²) in [4.78, 5) is 14.6. The molecule has 161 valence electrons. The number of carbonyl (C=O) groups is 1. The first-order chi connectivity index (χ1) is 13.8. The Balaban J connectivity index is 0.000000489. The van der Waals surface area contributed by atoms with E-state index in [1.807, 2.05) is 6.20 Å². The van der Waals surface area contributed by atoms with Gasteiger partial charge in [-0.15, -0.1) is 34.9 Å². The molecule has 0 saturated carbocycles. The van der Waals surface area contributed by atoms with E-state index in [1.54, 1.807) is 0 Å². The molecule has 0 fully saturated rings. The quantitative estimate of drug-likeness (QED) is 0.208. The number of nitrogens with zero attached hydrogens (tertiary/aromatic N) is 1. The minimum absolute atomic E-state index is 0. The maximum absolute atomic E-state index is 10.0. The molecule has 0 aliphatic rings. The SMILES string of the molecule is CC(=O)/C=C(/C)O.CCCCc1ccc2c(-c3[c-]c(C)cc(C)c3)nccc2c1.[Ir]. The summed E-state index contributed by atoms with van der Waals surface area (Å²) in [5, 5.41) is 10.8. The van der Waals surface area contributed by atoms with Gasteiger partial charge in [-0.25, -0.2) is 0 Å². The Labute approximate surface area is 193 Å². The summed E-state index contributed by atoms with van der Waals surface area (Å²) in [6.07, 6.45) is 6.71. The minimum Gasteiger partial charge on any atom is -0.512 e. The molecule has 3 aromatic rings. The van der Waals surface area contributed by atoms with Crippen molar-refractivity contribution in [2.24, 2.45) is 0 Å². The van der Waals surface area contributed by atoms with Crippen molar-refractivity contribution in [1.29, 1.82) is 0 Å². The van der Waals surface area contributed by atoms with E-state index in [1.165, 1.54) is 54.7 Å². The van der Waals surface area contributed by atoms with Crippen molar-refractivity contribution in [2.75, 3.05) is 0 Å². The van der Waals surface area contributed by atoms with Crippen LogP contribution in [0.5, 0.6) is 0 Å². The molecule has 1 heterocycles. The fraction of sp³-hybridized carbons (Fsp3) is 0.308. The van der Waals surface area contributed by atoms with Gasteiger partial charge in [-0.1, -0.05) is 45.4 Å². The van der Waals surface area contributed by atoms with E-state index in [0.717, 1.165) is 23.2 Å². The summed E-state index contributed by atoms with van der Waals surface area (Å²) in [5.74, 6) is -0.0625. The summed E-state index contributed by atoms with van der Waals surface area (Å²) < 4.78 is 0. The standard InChI is InChI=1S/C21H22N.C5H8O2.Ir/c1-4-5-6-17-7-8-20-18(14-17)9-10-22-21(20)19-12-15(2)11-16(3)13-19;1-4(6)3-5(2)7;/h7-12,14H,4-6H2,1-3H3;3,6H,1-2H3;/q-1;;/b;4-3-;. The van der Waals surface area contributed by atoms with Crippen molar-refractivity contribution in [3.8, 4) is 11.3 Å². The molecule has 0 aliphatic carbocycles. The van der Waals surface area contributed by atoms with Crippen LogP contribution in [-0.4, -0.2) is 15.9 Å². The Morgan fingerprint density at radius 2 is 1.87 bits per heavy atom. The number of unbranched alkanes of at least 4 members (excludes halogenated alkanes) is 1. The van der Waals surface area contributed by atoms with Gasteiger partial charge in [0, 0.05) is 32.4 Å². The second-order valence-electron chi connectivity index (χ2n) is 7.47. The average molecular weight is 581 g/mol. The van der Waals surface area contributed by atoms with Crippen LogP contribution in [0.4, 0.5) is 0 Å². The normalized spacial score (nSPS) is 10.8. The van der Waals surface area contributed by atoms with E-state index in [-0.39, 0.29) is 31.6 Å². The number of fused-ring (bicyclic) bond motifs is 1. The molecule has 0 aliphatic heterocycles. The molecule has 0 unspecified atom stereocenters. The second-order valence-corrected chi connectivity index (χ2v) is 7.47. The molecule has 3 rings (SSSR count). The Bertz CT molecular complexity index is 1000. The number of aliphatic hydroxyl groups is 1. The number of carbonyl (C=O) groups excluding carboxylic acids is 1. The molecule has 1 radical (unpaired) electrons. The zero-order valence-electron chi connectivity index (χ0n) is 18.4. The summed E-state index contributed by atoms with van der Waals surface area (Å²) in [5.41, 5.74) is 5.95. The molecule has 0 saturated heterocycles. The Hall–Kier alpha value is -2.29. The van der Waals surface area contributed by atoms with Crippen LogP contribution in [0, 0.1) is 19.9 Å². The van der Waals surface area contributed by atoms with Gasteiger partial charge in [-0.2, -0.15) is 0 Å². The number of hydrogen-bond acceptors (Lipinski definition) is 3. The summed E-state index contributed by atoms with van der Waals surface area (Å²) >= 11 is 0. The number of aromatic nitrogens is 1. The maximum Gasteiger partial charge on any atom is 0.155 e. The van der Waals surface area contributed by atoms with Crippen LogP contribution in [0.3, 0.4) is 0 Å². The molecule has 0 atom stereocenters. The van der Waals surface area contributed by atoms with Crippen molar-refractivity contribution in [3.05, 3.63) is 77.2 Å². The minimum atomic E-state index is -0.125. The molecule has 0 amide bonds. The molecule has 3 nitrogen and oxygen atoms in total. The molecule has 4 heteroatoms. The Kier molecular flexibility index (Phi) is 10.7. The van der Waals surface area contributed by atoms with Gasteiger partial charge in [0.2, 0.25) is 0 Å². The third-order valence-corrected chi connectivity index (χ3v) is 4.46. The molecule has 1 aromatic heterocycles. The van der Waals surface area contributed by atoms with Crippen molar-refractivity contribution in [2.45, 2.75) is 53.9 Å². The molecule has 1 N–H and O–H groups in total. The van der Waals surface area contributed by atoms with Crippen LogP contribution in [0.2, 0.25) is 0 Å². The van der Waals surface area contributed by atoms with Gasteiger partial charge in [0.05, 0.1) is 5.76 Å². The van der Waals surface area contributed by atoms with E-state index < -0.39 is 0 Å². The predicted octanol–water partition coefficient (Wildman–Crippen LogP) is 6.70. The van der Waals surface area contributed by atoms with Crippen molar-refractivity contribution >= 4 is 16.6 Å². The summed E-state index contributed by atoms with van der Waals surface area (Å²) in [6.45, 7) is 9.29. The van der Waals surface area contributed by atoms with Gasteiger partial charge in [0.25, 0.3) is 0 Å². The Morgan fingerprint density at radius 3 is 2.43 bits per heavy atom. The number of pyridine rings is 1. The van der Waals surface area contributed by atoms with Crippen molar-refractivity contribution in [1.82, 2.24) is 4.98 Å². The zero-order chi connectivity index (χ0) is 21.4. The summed E-state index contributed by atoms with van der Waals surface area (Å²) in [6, 6.07) is 16.6. The van der Waals surface area contributed by atoms with E-state index in [9.17, 15) is 4.79 Å². The van der Waals surface area contributed by atoms with Gasteiger partial charge >= 0.3 is 0 Å². The fourth-order valence-electron chi connectivity index (χ4n) is 3.30. The number of hydrogen-bond donors (Lipinski definition) is 1.